The smallest absolute Gasteiger partial charge is 0.236 e. The summed E-state index contributed by atoms with van der Waals surface area (Å²) in [7, 11) is -3.43. The third-order valence-corrected chi connectivity index (χ3v) is 3.67. The molecule has 0 atom stereocenters. The minimum absolute atomic E-state index is 0.109. The lowest BCUT2D eigenvalue weighted by atomic mass is 9.93. The molecule has 17 heavy (non-hydrogen) atoms. The summed E-state index contributed by atoms with van der Waals surface area (Å²) in [6, 6.07) is 0. The molecule has 0 aromatic carbocycles. The van der Waals surface area contributed by atoms with Crippen LogP contribution in [0.25, 0.3) is 0 Å². The minimum atomic E-state index is -3.43. The maximum atomic E-state index is 11.7. The molecule has 0 saturated carbocycles. The molecule has 1 rings (SSSR count). The van der Waals surface area contributed by atoms with E-state index in [1.807, 2.05) is 0 Å². The Bertz CT molecular complexity index is 376. The number of likely N-dealkylation sites (tertiary alicyclic amines) is 1. The van der Waals surface area contributed by atoms with Gasteiger partial charge in [0.1, 0.15) is 0 Å². The molecule has 1 amide bonds. The minimum Gasteiger partial charge on any atom is -0.298 e. The van der Waals surface area contributed by atoms with Gasteiger partial charge in [-0.25, -0.2) is 8.42 Å². The number of sulfonamides is 1. The molecule has 100 valence electrons. The van der Waals surface area contributed by atoms with E-state index in [9.17, 15) is 13.2 Å². The Labute approximate surface area is 104 Å². The molecule has 1 aliphatic rings. The highest BCUT2D eigenvalue weighted by atomic mass is 32.2. The lowest BCUT2D eigenvalue weighted by Gasteiger charge is -2.40. The van der Waals surface area contributed by atoms with Crippen molar-refractivity contribution >= 4 is 15.9 Å². The molecule has 5 nitrogen and oxygen atoms in total. The number of piperidine rings is 1. The number of hydrogen-bond donors (Lipinski definition) is 1. The van der Waals surface area contributed by atoms with Crippen LogP contribution in [0, 0.1) is 5.92 Å². The molecule has 1 N–H and O–H groups in total. The summed E-state index contributed by atoms with van der Waals surface area (Å²) in [5.74, 6) is -0.538. The van der Waals surface area contributed by atoms with Crippen LogP contribution in [0.3, 0.4) is 0 Å². The first kappa shape index (κ1) is 14.4. The summed E-state index contributed by atoms with van der Waals surface area (Å²) in [6.45, 7) is 8.11. The van der Waals surface area contributed by atoms with Gasteiger partial charge in [0.25, 0.3) is 0 Å². The Kier molecular flexibility index (Phi) is 4.19. The fourth-order valence-electron chi connectivity index (χ4n) is 2.08. The van der Waals surface area contributed by atoms with Crippen molar-refractivity contribution in [2.75, 3.05) is 19.3 Å². The Balaban J connectivity index is 2.50. The molecular weight excluding hydrogens is 240 g/mol. The number of amides is 1. The Morgan fingerprint density at radius 3 is 2.06 bits per heavy atom. The molecule has 0 aliphatic carbocycles. The van der Waals surface area contributed by atoms with Gasteiger partial charge in [0.05, 0.1) is 6.26 Å². The summed E-state index contributed by atoms with van der Waals surface area (Å²) < 4.78 is 24.0. The van der Waals surface area contributed by atoms with E-state index in [2.05, 4.69) is 30.4 Å². The molecule has 1 saturated heterocycles. The highest BCUT2D eigenvalue weighted by Crippen LogP contribution is 2.23. The van der Waals surface area contributed by atoms with Crippen molar-refractivity contribution in [3.63, 3.8) is 0 Å². The predicted molar refractivity (Wildman–Crippen MR) is 67.0 cm³/mol. The maximum absolute atomic E-state index is 11.7. The van der Waals surface area contributed by atoms with Crippen molar-refractivity contribution in [2.24, 2.45) is 5.92 Å². The summed E-state index contributed by atoms with van der Waals surface area (Å²) in [5, 5.41) is 0. The molecule has 0 spiro atoms. The van der Waals surface area contributed by atoms with E-state index >= 15 is 0 Å². The van der Waals surface area contributed by atoms with Gasteiger partial charge in [-0.1, -0.05) is 0 Å². The predicted octanol–water partition coefficient (Wildman–Crippen LogP) is 0.573. The number of carbonyl (C=O) groups is 1. The van der Waals surface area contributed by atoms with Crippen molar-refractivity contribution in [1.82, 2.24) is 9.62 Å². The maximum Gasteiger partial charge on any atom is 0.236 e. The average Bonchev–Trinajstić information content (AvgIpc) is 2.14. The standard InChI is InChI=1S/C11H22N2O3S/c1-11(2,3)13-7-5-9(6-8-13)10(14)12-17(4,15)16/h9H,5-8H2,1-4H3,(H,12,14). The average molecular weight is 262 g/mol. The molecule has 1 heterocycles. The fourth-order valence-corrected chi connectivity index (χ4v) is 2.61. The first-order valence-electron chi connectivity index (χ1n) is 5.86. The van der Waals surface area contributed by atoms with Gasteiger partial charge in [-0.3, -0.25) is 14.4 Å². The topological polar surface area (TPSA) is 66.5 Å². The lowest BCUT2D eigenvalue weighted by molar-refractivity contribution is -0.125. The molecule has 0 aromatic heterocycles. The number of nitrogens with one attached hydrogen (secondary N) is 1. The first-order chi connectivity index (χ1) is 7.59. The molecular formula is C11H22N2O3S. The molecule has 1 fully saturated rings. The number of nitrogens with zero attached hydrogens (tertiary/aromatic N) is 1. The third-order valence-electron chi connectivity index (χ3n) is 3.10. The number of rotatable bonds is 2. The zero-order valence-corrected chi connectivity index (χ0v) is 11.8. The highest BCUT2D eigenvalue weighted by Gasteiger charge is 2.30. The van der Waals surface area contributed by atoms with Crippen molar-refractivity contribution < 1.29 is 13.2 Å². The van der Waals surface area contributed by atoms with Crippen LogP contribution in [0.5, 0.6) is 0 Å². The summed E-state index contributed by atoms with van der Waals surface area (Å²) in [4.78, 5) is 14.0. The van der Waals surface area contributed by atoms with E-state index in [1.54, 1.807) is 0 Å². The second-order valence-electron chi connectivity index (χ2n) is 5.67. The molecule has 0 aromatic rings. The second kappa shape index (κ2) is 4.94. The van der Waals surface area contributed by atoms with E-state index in [4.69, 9.17) is 0 Å². The van der Waals surface area contributed by atoms with Gasteiger partial charge < -0.3 is 0 Å². The van der Waals surface area contributed by atoms with Crippen molar-refractivity contribution in [1.29, 1.82) is 0 Å². The van der Waals surface area contributed by atoms with Gasteiger partial charge in [0.15, 0.2) is 0 Å². The lowest BCUT2D eigenvalue weighted by Crippen LogP contribution is -2.48. The van der Waals surface area contributed by atoms with Gasteiger partial charge in [-0.2, -0.15) is 0 Å². The second-order valence-corrected chi connectivity index (χ2v) is 7.42. The van der Waals surface area contributed by atoms with Crippen LogP contribution >= 0.6 is 0 Å². The molecule has 6 heteroatoms. The summed E-state index contributed by atoms with van der Waals surface area (Å²) in [6.07, 6.45) is 2.45. The normalized spacial score (nSPS) is 20.2. The van der Waals surface area contributed by atoms with E-state index < -0.39 is 10.0 Å². The highest BCUT2D eigenvalue weighted by molar-refractivity contribution is 7.89. The zero-order chi connectivity index (χ0) is 13.3. The van der Waals surface area contributed by atoms with Crippen LogP contribution < -0.4 is 4.72 Å². The largest absolute Gasteiger partial charge is 0.298 e. The van der Waals surface area contributed by atoms with Gasteiger partial charge in [0.2, 0.25) is 15.9 Å². The Morgan fingerprint density at radius 2 is 1.71 bits per heavy atom. The van der Waals surface area contributed by atoms with Crippen LogP contribution in [0.2, 0.25) is 0 Å². The Morgan fingerprint density at radius 1 is 1.24 bits per heavy atom. The van der Waals surface area contributed by atoms with Crippen LogP contribution in [0.15, 0.2) is 0 Å². The first-order valence-corrected chi connectivity index (χ1v) is 7.75. The van der Waals surface area contributed by atoms with Crippen molar-refractivity contribution in [3.8, 4) is 0 Å². The van der Waals surface area contributed by atoms with E-state index in [1.165, 1.54) is 0 Å². The van der Waals surface area contributed by atoms with E-state index in [-0.39, 0.29) is 17.4 Å². The van der Waals surface area contributed by atoms with Crippen molar-refractivity contribution in [3.05, 3.63) is 0 Å². The van der Waals surface area contributed by atoms with Crippen LogP contribution in [0.1, 0.15) is 33.6 Å². The van der Waals surface area contributed by atoms with Crippen molar-refractivity contribution in [2.45, 2.75) is 39.2 Å². The van der Waals surface area contributed by atoms with Gasteiger partial charge in [0, 0.05) is 11.5 Å². The van der Waals surface area contributed by atoms with Gasteiger partial charge >= 0.3 is 0 Å². The van der Waals surface area contributed by atoms with Gasteiger partial charge in [-0.15, -0.1) is 0 Å². The fraction of sp³-hybridized carbons (Fsp3) is 0.909. The quantitative estimate of drug-likeness (QED) is 0.790. The molecule has 0 radical (unpaired) electrons. The van der Waals surface area contributed by atoms with Gasteiger partial charge in [-0.05, 0) is 46.7 Å². The molecule has 0 unspecified atom stereocenters. The SMILES string of the molecule is CC(C)(C)N1CCC(C(=O)NS(C)(=O)=O)CC1. The molecule has 1 aliphatic heterocycles. The zero-order valence-electron chi connectivity index (χ0n) is 11.0. The number of carbonyl (C=O) groups excluding carboxylic acids is 1. The monoisotopic (exact) mass is 262 g/mol. The number of hydrogen-bond acceptors (Lipinski definition) is 4. The van der Waals surface area contributed by atoms with Crippen LogP contribution in [-0.4, -0.2) is 44.1 Å². The molecule has 0 bridgehead atoms. The summed E-state index contributed by atoms with van der Waals surface area (Å²) in [5.41, 5.74) is 0.109. The van der Waals surface area contributed by atoms with E-state index in [0.717, 1.165) is 32.2 Å². The van der Waals surface area contributed by atoms with E-state index in [0.29, 0.717) is 0 Å². The van der Waals surface area contributed by atoms with Crippen LogP contribution in [0.4, 0.5) is 0 Å². The third kappa shape index (κ3) is 4.63. The van der Waals surface area contributed by atoms with Crippen LogP contribution in [-0.2, 0) is 14.8 Å². The summed E-state index contributed by atoms with van der Waals surface area (Å²) >= 11 is 0. The Hall–Kier alpha value is -0.620.